The van der Waals surface area contributed by atoms with E-state index in [2.05, 4.69) is 15.7 Å². The molecule has 2 aromatic carbocycles. The highest BCUT2D eigenvalue weighted by Crippen LogP contribution is 2.26. The van der Waals surface area contributed by atoms with Crippen molar-refractivity contribution in [1.29, 1.82) is 0 Å². The van der Waals surface area contributed by atoms with Gasteiger partial charge in [0, 0.05) is 13.2 Å². The van der Waals surface area contributed by atoms with Crippen molar-refractivity contribution in [2.75, 3.05) is 10.6 Å². The van der Waals surface area contributed by atoms with Crippen LogP contribution in [0.2, 0.25) is 0 Å². The van der Waals surface area contributed by atoms with Crippen molar-refractivity contribution < 1.29 is 0 Å². The van der Waals surface area contributed by atoms with E-state index in [4.69, 9.17) is 0 Å². The first-order chi connectivity index (χ1) is 12.0. The Morgan fingerprint density at radius 3 is 2.40 bits per heavy atom. The second-order valence-electron chi connectivity index (χ2n) is 5.72. The number of aromatic nitrogens is 2. The highest BCUT2D eigenvalue weighted by atomic mass is 16.2. The summed E-state index contributed by atoms with van der Waals surface area (Å²) in [5.41, 5.74) is -0.0601. The molecular formula is C18H18N4O3. The van der Waals surface area contributed by atoms with Gasteiger partial charge in [0.2, 0.25) is 0 Å². The lowest BCUT2D eigenvalue weighted by Gasteiger charge is -2.22. The van der Waals surface area contributed by atoms with Crippen molar-refractivity contribution >= 4 is 17.1 Å². The number of aryl methyl sites for hydroxylation is 1. The van der Waals surface area contributed by atoms with Crippen molar-refractivity contribution in [3.05, 3.63) is 79.0 Å². The molecule has 0 aliphatic heterocycles. The van der Waals surface area contributed by atoms with Gasteiger partial charge in [-0.25, -0.2) is 4.68 Å². The molecule has 3 rings (SSSR count). The SMILES string of the molecule is CCC(Nc1c(Nc2ccnn(C)c2=O)c(=O)c1=O)c1ccccc1. The molecule has 128 valence electrons. The van der Waals surface area contributed by atoms with Crippen LogP contribution in [0.3, 0.4) is 0 Å². The molecule has 0 amide bonds. The van der Waals surface area contributed by atoms with E-state index < -0.39 is 10.9 Å². The molecule has 0 bridgehead atoms. The minimum absolute atomic E-state index is 0.106. The molecule has 7 nitrogen and oxygen atoms in total. The van der Waals surface area contributed by atoms with Crippen LogP contribution in [0.25, 0.3) is 0 Å². The predicted octanol–water partition coefficient (Wildman–Crippen LogP) is 1.68. The van der Waals surface area contributed by atoms with Crippen molar-refractivity contribution in [3.63, 3.8) is 0 Å². The minimum atomic E-state index is -0.635. The van der Waals surface area contributed by atoms with Gasteiger partial charge in [0.1, 0.15) is 17.1 Å². The summed E-state index contributed by atoms with van der Waals surface area (Å²) in [6.07, 6.45) is 2.18. The maximum absolute atomic E-state index is 12.0. The van der Waals surface area contributed by atoms with Gasteiger partial charge < -0.3 is 10.6 Å². The maximum Gasteiger partial charge on any atom is 0.290 e. The summed E-state index contributed by atoms with van der Waals surface area (Å²) < 4.78 is 1.15. The third-order valence-corrected chi connectivity index (χ3v) is 4.10. The molecule has 0 saturated carbocycles. The summed E-state index contributed by atoms with van der Waals surface area (Å²) in [4.78, 5) is 36.0. The molecule has 2 N–H and O–H groups in total. The number of rotatable bonds is 6. The predicted molar refractivity (Wildman–Crippen MR) is 97.2 cm³/mol. The fourth-order valence-corrected chi connectivity index (χ4v) is 2.66. The Bertz CT molecular complexity index is 1020. The lowest BCUT2D eigenvalue weighted by Crippen LogP contribution is -2.38. The van der Waals surface area contributed by atoms with Gasteiger partial charge in [-0.15, -0.1) is 0 Å². The summed E-state index contributed by atoms with van der Waals surface area (Å²) in [6, 6.07) is 11.0. The zero-order chi connectivity index (χ0) is 18.0. The van der Waals surface area contributed by atoms with Crippen LogP contribution in [0.4, 0.5) is 17.1 Å². The Morgan fingerprint density at radius 1 is 1.04 bits per heavy atom. The van der Waals surface area contributed by atoms with E-state index in [1.165, 1.54) is 19.3 Å². The summed E-state index contributed by atoms with van der Waals surface area (Å²) in [7, 11) is 1.51. The van der Waals surface area contributed by atoms with Crippen LogP contribution in [0.15, 0.2) is 57.0 Å². The maximum atomic E-state index is 12.0. The van der Waals surface area contributed by atoms with Crippen LogP contribution in [0.1, 0.15) is 24.9 Å². The fourth-order valence-electron chi connectivity index (χ4n) is 2.66. The second-order valence-corrected chi connectivity index (χ2v) is 5.72. The van der Waals surface area contributed by atoms with Crippen LogP contribution in [-0.4, -0.2) is 9.78 Å². The van der Waals surface area contributed by atoms with E-state index in [0.29, 0.717) is 0 Å². The van der Waals surface area contributed by atoms with Gasteiger partial charge in [0.15, 0.2) is 0 Å². The molecular weight excluding hydrogens is 320 g/mol. The van der Waals surface area contributed by atoms with Crippen LogP contribution in [-0.2, 0) is 7.05 Å². The Hall–Kier alpha value is -3.22. The van der Waals surface area contributed by atoms with Crippen molar-refractivity contribution in [3.8, 4) is 0 Å². The van der Waals surface area contributed by atoms with E-state index in [0.717, 1.165) is 16.7 Å². The Kier molecular flexibility index (Phi) is 4.47. The molecule has 0 spiro atoms. The van der Waals surface area contributed by atoms with Crippen molar-refractivity contribution in [2.45, 2.75) is 19.4 Å². The molecule has 1 aromatic heterocycles. The molecule has 0 fully saturated rings. The highest BCUT2D eigenvalue weighted by molar-refractivity contribution is 5.78. The minimum Gasteiger partial charge on any atom is -0.373 e. The number of anilines is 3. The quantitative estimate of drug-likeness (QED) is 0.664. The average molecular weight is 338 g/mol. The molecule has 25 heavy (non-hydrogen) atoms. The second kappa shape index (κ2) is 6.72. The molecule has 3 aromatic rings. The molecule has 7 heteroatoms. The van der Waals surface area contributed by atoms with Crippen LogP contribution < -0.4 is 27.1 Å². The Morgan fingerprint density at radius 2 is 1.72 bits per heavy atom. The molecule has 1 heterocycles. The zero-order valence-corrected chi connectivity index (χ0v) is 13.9. The third kappa shape index (κ3) is 3.08. The first kappa shape index (κ1) is 16.6. The molecule has 1 atom stereocenters. The number of nitrogens with one attached hydrogen (secondary N) is 2. The lowest BCUT2D eigenvalue weighted by molar-refractivity contribution is 0.710. The van der Waals surface area contributed by atoms with Crippen molar-refractivity contribution in [1.82, 2.24) is 9.78 Å². The number of benzene rings is 1. The Labute approximate surface area is 143 Å². The first-order valence-electron chi connectivity index (χ1n) is 7.97. The van der Waals surface area contributed by atoms with E-state index in [-0.39, 0.29) is 28.7 Å². The third-order valence-electron chi connectivity index (χ3n) is 4.10. The van der Waals surface area contributed by atoms with Gasteiger partial charge in [0.05, 0.1) is 6.04 Å². The number of hydrogen-bond acceptors (Lipinski definition) is 6. The smallest absolute Gasteiger partial charge is 0.290 e. The summed E-state index contributed by atoms with van der Waals surface area (Å²) in [6.45, 7) is 1.99. The number of hydrogen-bond donors (Lipinski definition) is 2. The van der Waals surface area contributed by atoms with Gasteiger partial charge in [-0.2, -0.15) is 5.10 Å². The standard InChI is InChI=1S/C18H18N4O3/c1-3-12(11-7-5-4-6-8-11)20-14-15(17(24)16(14)23)21-13-9-10-19-22(2)18(13)25/h4-10,12,20-21H,3H2,1-2H3. The van der Waals surface area contributed by atoms with E-state index in [1.54, 1.807) is 0 Å². The summed E-state index contributed by atoms with van der Waals surface area (Å²) in [5, 5.41) is 9.72. The van der Waals surface area contributed by atoms with Gasteiger partial charge in [0.25, 0.3) is 16.4 Å². The molecule has 1 unspecified atom stereocenters. The van der Waals surface area contributed by atoms with Gasteiger partial charge in [-0.1, -0.05) is 37.3 Å². The summed E-state index contributed by atoms with van der Waals surface area (Å²) >= 11 is 0. The molecule has 0 saturated heterocycles. The molecule has 0 aliphatic rings. The van der Waals surface area contributed by atoms with Crippen LogP contribution in [0, 0.1) is 0 Å². The van der Waals surface area contributed by atoms with Crippen LogP contribution in [0.5, 0.6) is 0 Å². The highest BCUT2D eigenvalue weighted by Gasteiger charge is 2.24. The van der Waals surface area contributed by atoms with Gasteiger partial charge >= 0.3 is 0 Å². The average Bonchev–Trinajstić information content (AvgIpc) is 2.64. The largest absolute Gasteiger partial charge is 0.373 e. The van der Waals surface area contributed by atoms with Gasteiger partial charge in [-0.3, -0.25) is 14.4 Å². The fraction of sp³-hybridized carbons (Fsp3) is 0.222. The van der Waals surface area contributed by atoms with E-state index in [9.17, 15) is 14.4 Å². The monoisotopic (exact) mass is 338 g/mol. The first-order valence-corrected chi connectivity index (χ1v) is 7.97. The van der Waals surface area contributed by atoms with Gasteiger partial charge in [-0.05, 0) is 18.1 Å². The zero-order valence-electron chi connectivity index (χ0n) is 13.9. The van der Waals surface area contributed by atoms with Crippen LogP contribution >= 0.6 is 0 Å². The number of nitrogens with zero attached hydrogens (tertiary/aromatic N) is 2. The van der Waals surface area contributed by atoms with Crippen molar-refractivity contribution in [2.24, 2.45) is 7.05 Å². The topological polar surface area (TPSA) is 93.1 Å². The molecule has 0 aliphatic carbocycles. The lowest BCUT2D eigenvalue weighted by atomic mass is 10.0. The van der Waals surface area contributed by atoms with E-state index in [1.807, 2.05) is 37.3 Å². The van der Waals surface area contributed by atoms with E-state index >= 15 is 0 Å². The normalized spacial score (nSPS) is 12.1. The molecule has 0 radical (unpaired) electrons. The summed E-state index contributed by atoms with van der Waals surface area (Å²) in [5.74, 6) is 0. The Balaban J connectivity index is 1.90.